The van der Waals surface area contributed by atoms with Gasteiger partial charge in [-0.15, -0.1) is 23.5 Å². The molecule has 1 aliphatic carbocycles. The largest absolute Gasteiger partial charge is 0.407 e. The van der Waals surface area contributed by atoms with Crippen molar-refractivity contribution >= 4 is 60.9 Å². The Hall–Kier alpha value is -2.07. The number of rotatable bonds is 12. The molecule has 0 amide bonds. The van der Waals surface area contributed by atoms with Gasteiger partial charge in [0.25, 0.3) is 16.6 Å². The highest BCUT2D eigenvalue weighted by Gasteiger charge is 2.58. The van der Waals surface area contributed by atoms with Crippen molar-refractivity contribution in [3.63, 3.8) is 0 Å². The second kappa shape index (κ2) is 14.2. The molecule has 46 heavy (non-hydrogen) atoms. The summed E-state index contributed by atoms with van der Waals surface area (Å²) in [6.07, 6.45) is 5.69. The van der Waals surface area contributed by atoms with Gasteiger partial charge in [-0.1, -0.05) is 163 Å². The highest BCUT2D eigenvalue weighted by atomic mass is 32.2. The monoisotopic (exact) mass is 684 g/mol. The lowest BCUT2D eigenvalue weighted by Gasteiger charge is -2.56. The van der Waals surface area contributed by atoms with E-state index in [0.717, 1.165) is 19.6 Å². The normalized spacial score (nSPS) is 18.6. The molecule has 0 radical (unpaired) electrons. The molecule has 6 heteroatoms. The first kappa shape index (κ1) is 35.2. The summed E-state index contributed by atoms with van der Waals surface area (Å²) in [6.45, 7) is 15.7. The van der Waals surface area contributed by atoms with Crippen LogP contribution < -0.4 is 20.7 Å². The third-order valence-corrected chi connectivity index (χ3v) is 23.5. The van der Waals surface area contributed by atoms with E-state index in [-0.39, 0.29) is 14.2 Å². The highest BCUT2D eigenvalue weighted by molar-refractivity contribution is 8.17. The minimum atomic E-state index is -2.66. The summed E-state index contributed by atoms with van der Waals surface area (Å²) in [4.78, 5) is 0. The van der Waals surface area contributed by atoms with Crippen LogP contribution in [0.3, 0.4) is 0 Å². The van der Waals surface area contributed by atoms with E-state index < -0.39 is 16.6 Å². The predicted octanol–water partition coefficient (Wildman–Crippen LogP) is 8.20. The van der Waals surface area contributed by atoms with E-state index in [1.54, 1.807) is 0 Å². The minimum absolute atomic E-state index is 0.0452. The van der Waals surface area contributed by atoms with E-state index in [1.807, 2.05) is 23.5 Å². The summed E-state index contributed by atoms with van der Waals surface area (Å²) in [6, 6.07) is 44.2. The van der Waals surface area contributed by atoms with Crippen LogP contribution >= 0.6 is 23.5 Å². The molecular weight excluding hydrogens is 633 g/mol. The highest BCUT2D eigenvalue weighted by Crippen LogP contribution is 2.59. The minimum Gasteiger partial charge on any atom is -0.407 e. The van der Waals surface area contributed by atoms with Gasteiger partial charge in [0.1, 0.15) is 0 Å². The van der Waals surface area contributed by atoms with E-state index in [0.29, 0.717) is 11.8 Å². The van der Waals surface area contributed by atoms with Crippen LogP contribution in [-0.2, 0) is 8.85 Å². The lowest BCUT2D eigenvalue weighted by molar-refractivity contribution is 0.0516. The maximum atomic E-state index is 7.60. The Morgan fingerprint density at radius 1 is 0.543 bits per heavy atom. The molecule has 5 rings (SSSR count). The van der Waals surface area contributed by atoms with Gasteiger partial charge in [-0.25, -0.2) is 0 Å². The number of thioether (sulfide) groups is 2. The number of hydrogen-bond donors (Lipinski definition) is 0. The fraction of sp³-hybridized carbons (Fsp3) is 0.400. The average molecular weight is 685 g/mol. The molecule has 0 bridgehead atoms. The maximum Gasteiger partial charge on any atom is 0.261 e. The van der Waals surface area contributed by atoms with Crippen LogP contribution in [-0.4, -0.2) is 46.4 Å². The summed E-state index contributed by atoms with van der Waals surface area (Å²) >= 11 is 4.01. The topological polar surface area (TPSA) is 18.5 Å². The Bertz CT molecular complexity index is 1440. The van der Waals surface area contributed by atoms with Gasteiger partial charge in [-0.3, -0.25) is 0 Å². The van der Waals surface area contributed by atoms with Crippen LogP contribution in [0, 0.1) is 11.8 Å². The second-order valence-corrected chi connectivity index (χ2v) is 25.9. The molecule has 0 unspecified atom stereocenters. The molecule has 0 aromatic heterocycles. The van der Waals surface area contributed by atoms with E-state index >= 15 is 0 Å². The summed E-state index contributed by atoms with van der Waals surface area (Å²) in [5.74, 6) is 0.789. The first-order chi connectivity index (χ1) is 21.9. The fourth-order valence-electron chi connectivity index (χ4n) is 7.82. The van der Waals surface area contributed by atoms with Gasteiger partial charge >= 0.3 is 0 Å². The van der Waals surface area contributed by atoms with Crippen LogP contribution in [0.4, 0.5) is 0 Å². The van der Waals surface area contributed by atoms with Crippen LogP contribution in [0.1, 0.15) is 48.0 Å². The van der Waals surface area contributed by atoms with E-state index in [1.165, 1.54) is 20.7 Å². The van der Waals surface area contributed by atoms with Crippen molar-refractivity contribution < 1.29 is 8.85 Å². The van der Waals surface area contributed by atoms with Crippen LogP contribution in [0.2, 0.25) is 10.1 Å². The van der Waals surface area contributed by atoms with Gasteiger partial charge in [0.05, 0.1) is 4.08 Å². The zero-order valence-corrected chi connectivity index (χ0v) is 32.6. The number of hydrogen-bond acceptors (Lipinski definition) is 4. The predicted molar refractivity (Wildman–Crippen MR) is 209 cm³/mol. The standard InChI is InChI=1S/C40H52O2S2Si2/c1-38(2,3)45(33-21-13-9-14-22-33,34-23-15-10-16-24-34)41-30-32-29-40(43-7,44-8)37(32)31-42-46(39(4,5)6,35-25-17-11-18-26-35)36-27-19-12-20-28-36/h9-28,32,37H,29-31H2,1-8H3/t32-,37-/m1/s1. The smallest absolute Gasteiger partial charge is 0.261 e. The Morgan fingerprint density at radius 2 is 0.848 bits per heavy atom. The molecular formula is C40H52O2S2Si2. The van der Waals surface area contributed by atoms with Crippen molar-refractivity contribution in [2.75, 3.05) is 25.7 Å². The maximum absolute atomic E-state index is 7.60. The van der Waals surface area contributed by atoms with Gasteiger partial charge in [-0.2, -0.15) is 0 Å². The number of benzene rings is 4. The zero-order chi connectivity index (χ0) is 33.1. The molecule has 2 atom stereocenters. The summed E-state index contributed by atoms with van der Waals surface area (Å²) < 4.78 is 15.2. The Balaban J connectivity index is 1.52. The van der Waals surface area contributed by atoms with Crippen molar-refractivity contribution in [2.24, 2.45) is 11.8 Å². The lowest BCUT2D eigenvalue weighted by Crippen LogP contribution is -2.69. The van der Waals surface area contributed by atoms with Crippen LogP contribution in [0.5, 0.6) is 0 Å². The molecule has 0 saturated heterocycles. The van der Waals surface area contributed by atoms with Crippen molar-refractivity contribution in [2.45, 2.75) is 62.1 Å². The molecule has 0 spiro atoms. The van der Waals surface area contributed by atoms with Gasteiger partial charge in [0.15, 0.2) is 0 Å². The van der Waals surface area contributed by atoms with Gasteiger partial charge in [0.2, 0.25) is 0 Å². The molecule has 4 aromatic rings. The van der Waals surface area contributed by atoms with E-state index in [9.17, 15) is 0 Å². The molecule has 4 aromatic carbocycles. The third-order valence-electron chi connectivity index (χ3n) is 10.2. The van der Waals surface area contributed by atoms with Gasteiger partial charge < -0.3 is 8.85 Å². The SMILES string of the molecule is CSC1(SC)C[C@H](CO[Si](c2ccccc2)(c2ccccc2)C(C)(C)C)[C@H]1CO[Si](c1ccccc1)(c1ccccc1)C(C)(C)C. The first-order valence-electron chi connectivity index (χ1n) is 16.6. The molecule has 0 aliphatic heterocycles. The van der Waals surface area contributed by atoms with Crippen molar-refractivity contribution in [3.05, 3.63) is 121 Å². The summed E-state index contributed by atoms with van der Waals surface area (Å²) in [5.41, 5.74) is 0. The van der Waals surface area contributed by atoms with Crippen LogP contribution in [0.15, 0.2) is 121 Å². The molecule has 1 saturated carbocycles. The third kappa shape index (κ3) is 6.38. The van der Waals surface area contributed by atoms with E-state index in [4.69, 9.17) is 8.85 Å². The molecule has 244 valence electrons. The fourth-order valence-corrected chi connectivity index (χ4v) is 19.6. The molecule has 2 nitrogen and oxygen atoms in total. The van der Waals surface area contributed by atoms with E-state index in [2.05, 4.69) is 175 Å². The summed E-state index contributed by atoms with van der Waals surface area (Å²) in [5, 5.41) is 5.26. The van der Waals surface area contributed by atoms with Crippen LogP contribution in [0.25, 0.3) is 0 Å². The first-order valence-corrected chi connectivity index (χ1v) is 22.8. The Kier molecular flexibility index (Phi) is 10.9. The second-order valence-electron chi connectivity index (χ2n) is 14.7. The quantitative estimate of drug-likeness (QED) is 0.111. The van der Waals surface area contributed by atoms with Crippen molar-refractivity contribution in [1.82, 2.24) is 0 Å². The Labute approximate surface area is 289 Å². The average Bonchev–Trinajstić information content (AvgIpc) is 3.05. The zero-order valence-electron chi connectivity index (χ0n) is 29.0. The lowest BCUT2D eigenvalue weighted by atomic mass is 9.73. The van der Waals surface area contributed by atoms with Gasteiger partial charge in [0, 0.05) is 19.1 Å². The van der Waals surface area contributed by atoms with Gasteiger partial charge in [-0.05, 0) is 55.7 Å². The Morgan fingerprint density at radius 3 is 1.13 bits per heavy atom. The molecule has 1 aliphatic rings. The summed E-state index contributed by atoms with van der Waals surface area (Å²) in [7, 11) is -5.29. The molecule has 0 heterocycles. The van der Waals surface area contributed by atoms with Crippen molar-refractivity contribution in [3.8, 4) is 0 Å². The molecule has 1 fully saturated rings. The molecule has 0 N–H and O–H groups in total. The van der Waals surface area contributed by atoms with Crippen molar-refractivity contribution in [1.29, 1.82) is 0 Å².